The van der Waals surface area contributed by atoms with Gasteiger partial charge in [0.25, 0.3) is 0 Å². The first-order chi connectivity index (χ1) is 8.84. The molecule has 0 aliphatic carbocycles. The summed E-state index contributed by atoms with van der Waals surface area (Å²) in [6.07, 6.45) is -1.43. The van der Waals surface area contributed by atoms with Crippen molar-refractivity contribution in [3.8, 4) is 0 Å². The molecule has 0 aliphatic rings. The number of carboxylic acid groups (broad SMARTS) is 1. The minimum atomic E-state index is -1.44. The van der Waals surface area contributed by atoms with Crippen molar-refractivity contribution in [3.63, 3.8) is 0 Å². The first-order valence-electron chi connectivity index (χ1n) is 5.49. The van der Waals surface area contributed by atoms with Crippen molar-refractivity contribution in [2.45, 2.75) is 31.9 Å². The van der Waals surface area contributed by atoms with Gasteiger partial charge >= 0.3 is 12.1 Å². The highest BCUT2D eigenvalue weighted by Gasteiger charge is 2.25. The summed E-state index contributed by atoms with van der Waals surface area (Å²) in [6, 6.07) is -1.44. The van der Waals surface area contributed by atoms with E-state index in [-0.39, 0.29) is 13.2 Å². The molecular formula is C9H18N2O8. The Labute approximate surface area is 109 Å². The molecule has 0 aromatic rings. The molecule has 19 heavy (non-hydrogen) atoms. The maximum Gasteiger partial charge on any atom is 0.407 e. The Hall–Kier alpha value is -1.46. The van der Waals surface area contributed by atoms with Gasteiger partial charge in [-0.25, -0.2) is 9.59 Å². The van der Waals surface area contributed by atoms with Crippen LogP contribution in [0.3, 0.4) is 0 Å². The minimum Gasteiger partial charge on any atom is -0.480 e. The summed E-state index contributed by atoms with van der Waals surface area (Å²) in [5, 5.41) is 35.7. The van der Waals surface area contributed by atoms with Crippen LogP contribution in [-0.2, 0) is 14.4 Å². The van der Waals surface area contributed by atoms with Gasteiger partial charge < -0.3 is 20.3 Å². The molecule has 0 aromatic heterocycles. The van der Waals surface area contributed by atoms with Crippen LogP contribution in [0.5, 0.6) is 0 Å². The first kappa shape index (κ1) is 17.5. The largest absolute Gasteiger partial charge is 0.480 e. The van der Waals surface area contributed by atoms with Crippen molar-refractivity contribution < 1.29 is 39.8 Å². The number of rotatable bonds is 9. The van der Waals surface area contributed by atoms with E-state index in [0.29, 0.717) is 12.8 Å². The van der Waals surface area contributed by atoms with E-state index in [4.69, 9.17) is 20.6 Å². The second-order valence-electron chi connectivity index (χ2n) is 3.63. The zero-order valence-electron chi connectivity index (χ0n) is 10.4. The SMILES string of the molecule is CC(O)C(NC(=O)OCCCCON(O)O)C(=O)O. The summed E-state index contributed by atoms with van der Waals surface area (Å²) in [7, 11) is 0. The molecule has 0 aromatic carbocycles. The van der Waals surface area contributed by atoms with Gasteiger partial charge in [0.05, 0.1) is 24.7 Å². The lowest BCUT2D eigenvalue weighted by Gasteiger charge is -2.16. The third kappa shape index (κ3) is 9.16. The minimum absolute atomic E-state index is 0.00179. The molecule has 112 valence electrons. The Bertz CT molecular complexity index is 283. The maximum absolute atomic E-state index is 11.2. The molecule has 1 amide bonds. The molecule has 0 saturated heterocycles. The van der Waals surface area contributed by atoms with Gasteiger partial charge in [0.1, 0.15) is 0 Å². The number of nitrogens with one attached hydrogen (secondary N) is 1. The number of hydrogen-bond acceptors (Lipinski definition) is 8. The number of nitrogens with zero attached hydrogens (tertiary/aromatic N) is 1. The van der Waals surface area contributed by atoms with Crippen LogP contribution in [-0.4, -0.2) is 63.4 Å². The van der Waals surface area contributed by atoms with Crippen LogP contribution < -0.4 is 5.32 Å². The van der Waals surface area contributed by atoms with Crippen LogP contribution >= 0.6 is 0 Å². The number of carbonyl (C=O) groups excluding carboxylic acids is 1. The van der Waals surface area contributed by atoms with Gasteiger partial charge in [0.15, 0.2) is 6.04 Å². The van der Waals surface area contributed by atoms with Crippen LogP contribution in [0, 0.1) is 0 Å². The Kier molecular flexibility index (Phi) is 8.74. The number of hydrogen-bond donors (Lipinski definition) is 5. The number of unbranched alkanes of at least 4 members (excludes halogenated alkanes) is 1. The second kappa shape index (κ2) is 9.47. The quantitative estimate of drug-likeness (QED) is 0.274. The third-order valence-electron chi connectivity index (χ3n) is 2.00. The fourth-order valence-electron chi connectivity index (χ4n) is 1.07. The highest BCUT2D eigenvalue weighted by atomic mass is 17.1. The highest BCUT2D eigenvalue weighted by Crippen LogP contribution is 1.96. The zero-order chi connectivity index (χ0) is 14.8. The van der Waals surface area contributed by atoms with Crippen molar-refractivity contribution in [1.29, 1.82) is 0 Å². The molecular weight excluding hydrogens is 264 g/mol. The van der Waals surface area contributed by atoms with E-state index < -0.39 is 29.6 Å². The van der Waals surface area contributed by atoms with Gasteiger partial charge in [-0.1, -0.05) is 0 Å². The predicted octanol–water partition coefficient (Wildman–Crippen LogP) is -0.661. The fraction of sp³-hybridized carbons (Fsp3) is 0.778. The molecule has 10 heteroatoms. The molecule has 0 radical (unpaired) electrons. The van der Waals surface area contributed by atoms with E-state index in [1.54, 1.807) is 0 Å². The monoisotopic (exact) mass is 282 g/mol. The molecule has 0 bridgehead atoms. The summed E-state index contributed by atoms with van der Waals surface area (Å²) in [4.78, 5) is 26.1. The Morgan fingerprint density at radius 2 is 1.84 bits per heavy atom. The first-order valence-corrected chi connectivity index (χ1v) is 5.49. The molecule has 0 aliphatic heterocycles. The van der Waals surface area contributed by atoms with Gasteiger partial charge in [0, 0.05) is 0 Å². The lowest BCUT2D eigenvalue weighted by Crippen LogP contribution is -2.47. The van der Waals surface area contributed by atoms with Crippen LogP contribution in [0.2, 0.25) is 0 Å². The van der Waals surface area contributed by atoms with E-state index >= 15 is 0 Å². The Morgan fingerprint density at radius 1 is 1.26 bits per heavy atom. The van der Waals surface area contributed by atoms with Crippen molar-refractivity contribution >= 4 is 12.1 Å². The number of aliphatic carboxylic acids is 1. The van der Waals surface area contributed by atoms with Crippen molar-refractivity contribution in [1.82, 2.24) is 10.7 Å². The fourth-order valence-corrected chi connectivity index (χ4v) is 1.07. The molecule has 0 rings (SSSR count). The molecule has 2 unspecified atom stereocenters. The van der Waals surface area contributed by atoms with E-state index in [1.165, 1.54) is 6.92 Å². The smallest absolute Gasteiger partial charge is 0.407 e. The number of aliphatic hydroxyl groups excluding tert-OH is 1. The number of carboxylic acids is 1. The molecule has 0 fully saturated rings. The summed E-state index contributed by atoms with van der Waals surface area (Å²) >= 11 is 0. The van der Waals surface area contributed by atoms with E-state index in [9.17, 15) is 9.59 Å². The summed E-state index contributed by atoms with van der Waals surface area (Å²) in [5.74, 6) is -1.37. The zero-order valence-corrected chi connectivity index (χ0v) is 10.4. The number of alkyl carbamates (subject to hydrolysis) is 1. The van der Waals surface area contributed by atoms with Crippen molar-refractivity contribution in [3.05, 3.63) is 0 Å². The predicted molar refractivity (Wildman–Crippen MR) is 58.2 cm³/mol. The molecule has 0 saturated carbocycles. The molecule has 2 atom stereocenters. The number of ether oxygens (including phenoxy) is 1. The highest BCUT2D eigenvalue weighted by molar-refractivity contribution is 5.80. The summed E-state index contributed by atoms with van der Waals surface area (Å²) < 4.78 is 4.66. The molecule has 0 heterocycles. The normalized spacial score (nSPS) is 13.9. The number of aliphatic hydroxyl groups is 1. The van der Waals surface area contributed by atoms with Crippen LogP contribution in [0.4, 0.5) is 4.79 Å². The number of carbonyl (C=O) groups is 2. The van der Waals surface area contributed by atoms with Gasteiger partial charge in [-0.3, -0.25) is 15.3 Å². The molecule has 10 nitrogen and oxygen atoms in total. The Morgan fingerprint density at radius 3 is 2.32 bits per heavy atom. The average molecular weight is 282 g/mol. The van der Waals surface area contributed by atoms with Crippen LogP contribution in [0.25, 0.3) is 0 Å². The maximum atomic E-state index is 11.2. The third-order valence-corrected chi connectivity index (χ3v) is 2.00. The van der Waals surface area contributed by atoms with E-state index in [1.807, 2.05) is 5.32 Å². The average Bonchev–Trinajstić information content (AvgIpc) is 2.29. The standard InChI is InChI=1S/C9H18N2O8/c1-6(12)7(8(13)14)10-9(15)18-4-2-3-5-19-11(16)17/h6-7,12,16-17H,2-5H2,1H3,(H,10,15)(H,13,14). The summed E-state index contributed by atoms with van der Waals surface area (Å²) in [6.45, 7) is 1.24. The lowest BCUT2D eigenvalue weighted by molar-refractivity contribution is -0.492. The summed E-state index contributed by atoms with van der Waals surface area (Å²) in [5.41, 5.74) is 0. The van der Waals surface area contributed by atoms with Gasteiger partial charge in [-0.2, -0.15) is 0 Å². The van der Waals surface area contributed by atoms with Crippen LogP contribution in [0.1, 0.15) is 19.8 Å². The lowest BCUT2D eigenvalue weighted by atomic mass is 10.2. The van der Waals surface area contributed by atoms with E-state index in [2.05, 4.69) is 9.57 Å². The Balaban J connectivity index is 3.72. The van der Waals surface area contributed by atoms with Gasteiger partial charge in [0.2, 0.25) is 0 Å². The number of amides is 1. The van der Waals surface area contributed by atoms with Crippen molar-refractivity contribution in [2.24, 2.45) is 0 Å². The van der Waals surface area contributed by atoms with E-state index in [0.717, 1.165) is 0 Å². The van der Waals surface area contributed by atoms with Crippen LogP contribution in [0.15, 0.2) is 0 Å². The molecule has 0 spiro atoms. The molecule has 5 N–H and O–H groups in total. The topological polar surface area (TPSA) is 149 Å². The van der Waals surface area contributed by atoms with Gasteiger partial charge in [-0.05, 0) is 19.8 Å². The van der Waals surface area contributed by atoms with Gasteiger partial charge in [-0.15, -0.1) is 0 Å². The van der Waals surface area contributed by atoms with Crippen molar-refractivity contribution in [2.75, 3.05) is 13.2 Å². The second-order valence-corrected chi connectivity index (χ2v) is 3.63.